The smallest absolute Gasteiger partial charge is 0.237 e. The van der Waals surface area contributed by atoms with E-state index >= 15 is 0 Å². The molecule has 0 saturated carbocycles. The highest BCUT2D eigenvalue weighted by molar-refractivity contribution is 9.10. The summed E-state index contributed by atoms with van der Waals surface area (Å²) in [6, 6.07) is 7.91. The number of nitrogens with zero attached hydrogens (tertiary/aromatic N) is 2. The normalized spacial score (nSPS) is 10.4. The Kier molecular flexibility index (Phi) is 4.55. The van der Waals surface area contributed by atoms with E-state index in [1.54, 1.807) is 6.20 Å². The SMILES string of the molecule is CCCc1ccccc1Oc1nc(Cl)ncc1Br. The van der Waals surface area contributed by atoms with Crippen LogP contribution in [0.4, 0.5) is 0 Å². The molecular weight excluding hydrogens is 316 g/mol. The molecule has 0 N–H and O–H groups in total. The number of hydrogen-bond donors (Lipinski definition) is 0. The highest BCUT2D eigenvalue weighted by Gasteiger charge is 2.09. The first kappa shape index (κ1) is 13.3. The lowest BCUT2D eigenvalue weighted by atomic mass is 10.1. The molecule has 1 aromatic heterocycles. The second-order valence-corrected chi connectivity index (χ2v) is 4.94. The molecule has 1 aromatic carbocycles. The Morgan fingerprint density at radius 2 is 2.11 bits per heavy atom. The molecule has 0 spiro atoms. The predicted molar refractivity (Wildman–Crippen MR) is 75.3 cm³/mol. The van der Waals surface area contributed by atoms with Crippen LogP contribution < -0.4 is 4.74 Å². The molecule has 0 aliphatic heterocycles. The van der Waals surface area contributed by atoms with E-state index in [4.69, 9.17) is 16.3 Å². The molecule has 0 bridgehead atoms. The van der Waals surface area contributed by atoms with Gasteiger partial charge in [0.25, 0.3) is 0 Å². The van der Waals surface area contributed by atoms with Crippen molar-refractivity contribution in [3.8, 4) is 11.6 Å². The molecule has 0 radical (unpaired) electrons. The van der Waals surface area contributed by atoms with E-state index in [1.807, 2.05) is 18.2 Å². The van der Waals surface area contributed by atoms with Gasteiger partial charge in [-0.2, -0.15) is 4.98 Å². The highest BCUT2D eigenvalue weighted by atomic mass is 79.9. The van der Waals surface area contributed by atoms with Gasteiger partial charge in [0.05, 0.1) is 4.47 Å². The summed E-state index contributed by atoms with van der Waals surface area (Å²) in [5, 5.41) is 0.168. The Labute approximate surface area is 119 Å². The van der Waals surface area contributed by atoms with Gasteiger partial charge in [-0.1, -0.05) is 31.5 Å². The van der Waals surface area contributed by atoms with Crippen LogP contribution in [0.1, 0.15) is 18.9 Å². The number of aryl methyl sites for hydroxylation is 1. The molecule has 0 fully saturated rings. The fourth-order valence-electron chi connectivity index (χ4n) is 1.59. The van der Waals surface area contributed by atoms with Crippen molar-refractivity contribution in [2.24, 2.45) is 0 Å². The van der Waals surface area contributed by atoms with Crippen LogP contribution in [0.5, 0.6) is 11.6 Å². The van der Waals surface area contributed by atoms with Gasteiger partial charge in [0, 0.05) is 6.20 Å². The molecule has 0 atom stereocenters. The zero-order valence-electron chi connectivity index (χ0n) is 9.86. The van der Waals surface area contributed by atoms with E-state index in [9.17, 15) is 0 Å². The van der Waals surface area contributed by atoms with Crippen molar-refractivity contribution in [2.75, 3.05) is 0 Å². The highest BCUT2D eigenvalue weighted by Crippen LogP contribution is 2.30. The molecular formula is C13H12BrClN2O. The monoisotopic (exact) mass is 326 g/mol. The van der Waals surface area contributed by atoms with Crippen LogP contribution in [0.3, 0.4) is 0 Å². The van der Waals surface area contributed by atoms with Crippen molar-refractivity contribution in [1.29, 1.82) is 0 Å². The minimum atomic E-state index is 0.168. The minimum absolute atomic E-state index is 0.168. The predicted octanol–water partition coefficient (Wildman–Crippen LogP) is 4.64. The van der Waals surface area contributed by atoms with Crippen molar-refractivity contribution >= 4 is 27.5 Å². The maximum absolute atomic E-state index is 5.79. The van der Waals surface area contributed by atoms with Gasteiger partial charge in [0.2, 0.25) is 11.2 Å². The third-order valence-corrected chi connectivity index (χ3v) is 3.11. The van der Waals surface area contributed by atoms with Crippen molar-refractivity contribution in [2.45, 2.75) is 19.8 Å². The average Bonchev–Trinajstić information content (AvgIpc) is 2.36. The summed E-state index contributed by atoms with van der Waals surface area (Å²) in [6.45, 7) is 2.13. The first-order chi connectivity index (χ1) is 8.70. The van der Waals surface area contributed by atoms with Gasteiger partial charge in [-0.05, 0) is 45.6 Å². The summed E-state index contributed by atoms with van der Waals surface area (Å²) in [7, 11) is 0. The number of rotatable bonds is 4. The number of ether oxygens (including phenoxy) is 1. The largest absolute Gasteiger partial charge is 0.437 e. The number of benzene rings is 1. The molecule has 0 saturated heterocycles. The number of para-hydroxylation sites is 1. The quantitative estimate of drug-likeness (QED) is 0.767. The lowest BCUT2D eigenvalue weighted by Gasteiger charge is -2.10. The second kappa shape index (κ2) is 6.16. The van der Waals surface area contributed by atoms with E-state index in [0.29, 0.717) is 10.4 Å². The Hall–Kier alpha value is -1.13. The number of hydrogen-bond acceptors (Lipinski definition) is 3. The summed E-state index contributed by atoms with van der Waals surface area (Å²) in [6.07, 6.45) is 3.60. The molecule has 0 aliphatic carbocycles. The minimum Gasteiger partial charge on any atom is -0.437 e. The fraction of sp³-hybridized carbons (Fsp3) is 0.231. The van der Waals surface area contributed by atoms with Crippen LogP contribution in [0.2, 0.25) is 5.28 Å². The van der Waals surface area contributed by atoms with Crippen LogP contribution in [0, 0.1) is 0 Å². The zero-order chi connectivity index (χ0) is 13.0. The lowest BCUT2D eigenvalue weighted by molar-refractivity contribution is 0.452. The first-order valence-corrected chi connectivity index (χ1v) is 6.81. The molecule has 1 heterocycles. The number of halogens is 2. The summed E-state index contributed by atoms with van der Waals surface area (Å²) < 4.78 is 6.47. The molecule has 0 amide bonds. The van der Waals surface area contributed by atoms with Gasteiger partial charge >= 0.3 is 0 Å². The van der Waals surface area contributed by atoms with Gasteiger partial charge in [-0.25, -0.2) is 4.98 Å². The molecule has 3 nitrogen and oxygen atoms in total. The van der Waals surface area contributed by atoms with Crippen LogP contribution >= 0.6 is 27.5 Å². The van der Waals surface area contributed by atoms with Crippen LogP contribution in [-0.2, 0) is 6.42 Å². The second-order valence-electron chi connectivity index (χ2n) is 3.75. The Bertz CT molecular complexity index is 548. The lowest BCUT2D eigenvalue weighted by Crippen LogP contribution is -1.95. The van der Waals surface area contributed by atoms with Gasteiger partial charge in [0.1, 0.15) is 5.75 Å². The van der Waals surface area contributed by atoms with Gasteiger partial charge < -0.3 is 4.74 Å². The summed E-state index contributed by atoms with van der Waals surface area (Å²) in [5.74, 6) is 1.23. The summed E-state index contributed by atoms with van der Waals surface area (Å²) >= 11 is 9.10. The van der Waals surface area contributed by atoms with E-state index in [2.05, 4.69) is 38.9 Å². The topological polar surface area (TPSA) is 35.0 Å². The van der Waals surface area contributed by atoms with Crippen LogP contribution in [0.25, 0.3) is 0 Å². The summed E-state index contributed by atoms with van der Waals surface area (Å²) in [4.78, 5) is 7.92. The van der Waals surface area contributed by atoms with Gasteiger partial charge in [-0.15, -0.1) is 0 Å². The van der Waals surface area contributed by atoms with Gasteiger partial charge in [-0.3, -0.25) is 0 Å². The van der Waals surface area contributed by atoms with Crippen molar-refractivity contribution in [3.05, 3.63) is 45.8 Å². The first-order valence-electron chi connectivity index (χ1n) is 5.64. The third-order valence-electron chi connectivity index (χ3n) is 2.38. The van der Waals surface area contributed by atoms with E-state index in [-0.39, 0.29) is 5.28 Å². The maximum atomic E-state index is 5.79. The molecule has 0 unspecified atom stereocenters. The maximum Gasteiger partial charge on any atom is 0.237 e. The summed E-state index contributed by atoms with van der Waals surface area (Å²) in [5.41, 5.74) is 1.15. The van der Waals surface area contributed by atoms with E-state index in [0.717, 1.165) is 24.2 Å². The fourth-order valence-corrected chi connectivity index (χ4v) is 1.98. The van der Waals surface area contributed by atoms with E-state index in [1.165, 1.54) is 0 Å². The molecule has 94 valence electrons. The molecule has 18 heavy (non-hydrogen) atoms. The molecule has 5 heteroatoms. The van der Waals surface area contributed by atoms with Crippen molar-refractivity contribution in [3.63, 3.8) is 0 Å². The van der Waals surface area contributed by atoms with Gasteiger partial charge in [0.15, 0.2) is 0 Å². The Morgan fingerprint density at radius 1 is 1.33 bits per heavy atom. The zero-order valence-corrected chi connectivity index (χ0v) is 12.2. The van der Waals surface area contributed by atoms with Crippen molar-refractivity contribution < 1.29 is 4.74 Å². The Morgan fingerprint density at radius 3 is 2.89 bits per heavy atom. The van der Waals surface area contributed by atoms with E-state index < -0.39 is 0 Å². The standard InChI is InChI=1S/C13H12BrClN2O/c1-2-5-9-6-3-4-7-11(9)18-12-10(14)8-16-13(15)17-12/h3-4,6-8H,2,5H2,1H3. The molecule has 0 aliphatic rings. The third kappa shape index (κ3) is 3.21. The Balaban J connectivity index is 2.30. The van der Waals surface area contributed by atoms with Crippen LogP contribution in [0.15, 0.2) is 34.9 Å². The van der Waals surface area contributed by atoms with Crippen molar-refractivity contribution in [1.82, 2.24) is 9.97 Å². The molecule has 2 rings (SSSR count). The number of aromatic nitrogens is 2. The average molecular weight is 328 g/mol. The van der Waals surface area contributed by atoms with Crippen LogP contribution in [-0.4, -0.2) is 9.97 Å². The molecule has 2 aromatic rings.